The van der Waals surface area contributed by atoms with E-state index in [1.807, 2.05) is 12.5 Å². The van der Waals surface area contributed by atoms with Crippen LogP contribution in [0.2, 0.25) is 0 Å². The van der Waals surface area contributed by atoms with Crippen molar-refractivity contribution in [2.24, 2.45) is 11.7 Å². The van der Waals surface area contributed by atoms with Gasteiger partial charge in [0.15, 0.2) is 0 Å². The summed E-state index contributed by atoms with van der Waals surface area (Å²) in [5, 5.41) is 0. The minimum Gasteiger partial charge on any atom is -0.333 e. The maximum absolute atomic E-state index is 5.63. The molecule has 1 aliphatic carbocycles. The Morgan fingerprint density at radius 1 is 1.50 bits per heavy atom. The molecule has 0 spiro atoms. The van der Waals surface area contributed by atoms with E-state index < -0.39 is 0 Å². The zero-order chi connectivity index (χ0) is 9.80. The minimum absolute atomic E-state index is 0.586. The molecule has 1 heterocycles. The molecule has 1 aromatic rings. The van der Waals surface area contributed by atoms with Crippen molar-refractivity contribution in [1.29, 1.82) is 0 Å². The van der Waals surface area contributed by atoms with Crippen LogP contribution in [0.3, 0.4) is 0 Å². The molecule has 1 atom stereocenters. The monoisotopic (exact) mass is 191 g/mol. The molecule has 1 aliphatic rings. The van der Waals surface area contributed by atoms with E-state index >= 15 is 0 Å². The second-order valence-corrected chi connectivity index (χ2v) is 3.89. The fourth-order valence-electron chi connectivity index (χ4n) is 1.98. The molecule has 14 heavy (non-hydrogen) atoms. The van der Waals surface area contributed by atoms with Crippen LogP contribution in [0.5, 0.6) is 0 Å². The van der Waals surface area contributed by atoms with Crippen molar-refractivity contribution in [1.82, 2.24) is 9.55 Å². The first-order valence-electron chi connectivity index (χ1n) is 5.24. The Bertz CT molecular complexity index is 314. The highest BCUT2D eigenvalue weighted by atomic mass is 15.1. The van der Waals surface area contributed by atoms with Crippen molar-refractivity contribution < 1.29 is 0 Å². The van der Waals surface area contributed by atoms with Crippen molar-refractivity contribution in [2.45, 2.75) is 32.4 Å². The number of allylic oxidation sites excluding steroid dienone is 2. The van der Waals surface area contributed by atoms with Gasteiger partial charge in [-0.2, -0.15) is 0 Å². The van der Waals surface area contributed by atoms with Gasteiger partial charge in [0.05, 0.1) is 12.0 Å². The van der Waals surface area contributed by atoms with Crippen LogP contribution in [0.25, 0.3) is 0 Å². The quantitative estimate of drug-likeness (QED) is 0.739. The van der Waals surface area contributed by atoms with Gasteiger partial charge < -0.3 is 10.3 Å². The lowest BCUT2D eigenvalue weighted by Crippen LogP contribution is -2.14. The molecule has 0 aromatic carbocycles. The summed E-state index contributed by atoms with van der Waals surface area (Å²) >= 11 is 0. The van der Waals surface area contributed by atoms with E-state index in [-0.39, 0.29) is 0 Å². The second-order valence-electron chi connectivity index (χ2n) is 3.89. The van der Waals surface area contributed by atoms with Crippen LogP contribution >= 0.6 is 0 Å². The number of aromatic nitrogens is 2. The molecule has 1 aromatic heterocycles. The third-order valence-corrected chi connectivity index (χ3v) is 2.84. The highest BCUT2D eigenvalue weighted by molar-refractivity contribution is 4.98. The van der Waals surface area contributed by atoms with Crippen molar-refractivity contribution in [2.75, 3.05) is 0 Å². The summed E-state index contributed by atoms with van der Waals surface area (Å²) < 4.78 is 2.18. The maximum atomic E-state index is 5.63. The molecule has 0 saturated carbocycles. The van der Waals surface area contributed by atoms with Crippen LogP contribution in [-0.2, 0) is 13.1 Å². The van der Waals surface area contributed by atoms with Crippen molar-refractivity contribution >= 4 is 0 Å². The second kappa shape index (κ2) is 4.42. The number of nitrogens with zero attached hydrogens (tertiary/aromatic N) is 2. The molecule has 0 radical (unpaired) electrons. The van der Waals surface area contributed by atoms with Crippen molar-refractivity contribution in [3.05, 3.63) is 30.4 Å². The molecule has 76 valence electrons. The van der Waals surface area contributed by atoms with Crippen LogP contribution in [0.15, 0.2) is 24.7 Å². The third-order valence-electron chi connectivity index (χ3n) is 2.84. The average molecular weight is 191 g/mol. The fourth-order valence-corrected chi connectivity index (χ4v) is 1.98. The predicted octanol–water partition coefficient (Wildman–Crippen LogP) is 1.70. The van der Waals surface area contributed by atoms with Gasteiger partial charge in [-0.25, -0.2) is 4.98 Å². The van der Waals surface area contributed by atoms with E-state index in [4.69, 9.17) is 5.73 Å². The first-order chi connectivity index (χ1) is 6.90. The van der Waals surface area contributed by atoms with E-state index in [1.165, 1.54) is 19.3 Å². The predicted molar refractivity (Wildman–Crippen MR) is 56.6 cm³/mol. The minimum atomic E-state index is 0.586. The number of hydrogen-bond donors (Lipinski definition) is 1. The molecule has 0 amide bonds. The molecule has 1 unspecified atom stereocenters. The average Bonchev–Trinajstić information content (AvgIpc) is 2.67. The lowest BCUT2D eigenvalue weighted by molar-refractivity contribution is 0.404. The van der Waals surface area contributed by atoms with E-state index in [2.05, 4.69) is 21.7 Å². The third kappa shape index (κ3) is 2.04. The Balaban J connectivity index is 1.99. The zero-order valence-corrected chi connectivity index (χ0v) is 8.39. The summed E-state index contributed by atoms with van der Waals surface area (Å²) in [6.45, 7) is 1.65. The van der Waals surface area contributed by atoms with Gasteiger partial charge in [-0.3, -0.25) is 0 Å². The van der Waals surface area contributed by atoms with Gasteiger partial charge in [0.25, 0.3) is 0 Å². The molecular weight excluding hydrogens is 174 g/mol. The van der Waals surface area contributed by atoms with Gasteiger partial charge in [-0.15, -0.1) is 0 Å². The normalized spacial score (nSPS) is 21.4. The summed E-state index contributed by atoms with van der Waals surface area (Å²) in [6, 6.07) is 0. The van der Waals surface area contributed by atoms with Crippen LogP contribution in [0.1, 0.15) is 25.0 Å². The fraction of sp³-hybridized carbons (Fsp3) is 0.545. The lowest BCUT2D eigenvalue weighted by atomic mass is 9.94. The van der Waals surface area contributed by atoms with E-state index in [1.54, 1.807) is 0 Å². The van der Waals surface area contributed by atoms with Crippen LogP contribution in [0.4, 0.5) is 0 Å². The summed E-state index contributed by atoms with van der Waals surface area (Å²) in [5.74, 6) is 0.763. The van der Waals surface area contributed by atoms with Crippen LogP contribution in [0, 0.1) is 5.92 Å². The van der Waals surface area contributed by atoms with Crippen LogP contribution < -0.4 is 5.73 Å². The number of imidazole rings is 1. The van der Waals surface area contributed by atoms with Gasteiger partial charge in [0.2, 0.25) is 0 Å². The molecule has 3 heteroatoms. The molecule has 3 nitrogen and oxygen atoms in total. The standard InChI is InChI=1S/C11H17N3/c12-6-11-7-13-9-14(11)8-10-4-2-1-3-5-10/h1-2,7,9-10H,3-6,8,12H2. The molecule has 2 rings (SSSR count). The smallest absolute Gasteiger partial charge is 0.0948 e. The molecule has 0 saturated heterocycles. The largest absolute Gasteiger partial charge is 0.333 e. The van der Waals surface area contributed by atoms with Gasteiger partial charge >= 0.3 is 0 Å². The van der Waals surface area contributed by atoms with E-state index in [0.717, 1.165) is 18.2 Å². The molecule has 0 fully saturated rings. The first-order valence-corrected chi connectivity index (χ1v) is 5.24. The Labute approximate surface area is 84.6 Å². The maximum Gasteiger partial charge on any atom is 0.0948 e. The SMILES string of the molecule is NCc1cncn1CC1CC=CCC1. The zero-order valence-electron chi connectivity index (χ0n) is 8.39. The van der Waals surface area contributed by atoms with Crippen molar-refractivity contribution in [3.8, 4) is 0 Å². The van der Waals surface area contributed by atoms with Gasteiger partial charge in [-0.05, 0) is 25.2 Å². The molecule has 2 N–H and O–H groups in total. The summed E-state index contributed by atoms with van der Waals surface area (Å²) in [7, 11) is 0. The number of hydrogen-bond acceptors (Lipinski definition) is 2. The summed E-state index contributed by atoms with van der Waals surface area (Å²) in [4.78, 5) is 4.12. The van der Waals surface area contributed by atoms with Crippen LogP contribution in [-0.4, -0.2) is 9.55 Å². The van der Waals surface area contributed by atoms with E-state index in [9.17, 15) is 0 Å². The number of nitrogens with two attached hydrogens (primary N) is 1. The molecule has 0 aliphatic heterocycles. The summed E-state index contributed by atoms with van der Waals surface area (Å²) in [5.41, 5.74) is 6.76. The highest BCUT2D eigenvalue weighted by Gasteiger charge is 2.11. The topological polar surface area (TPSA) is 43.8 Å². The Kier molecular flexibility index (Phi) is 2.99. The van der Waals surface area contributed by atoms with Crippen molar-refractivity contribution in [3.63, 3.8) is 0 Å². The Hall–Kier alpha value is -1.09. The Morgan fingerprint density at radius 2 is 2.43 bits per heavy atom. The van der Waals surface area contributed by atoms with E-state index in [0.29, 0.717) is 6.54 Å². The van der Waals surface area contributed by atoms with Gasteiger partial charge in [0, 0.05) is 19.3 Å². The molecular formula is C11H17N3. The lowest BCUT2D eigenvalue weighted by Gasteiger charge is -2.19. The molecule has 0 bridgehead atoms. The summed E-state index contributed by atoms with van der Waals surface area (Å²) in [6.07, 6.45) is 12.0. The number of rotatable bonds is 3. The van der Waals surface area contributed by atoms with Gasteiger partial charge in [-0.1, -0.05) is 12.2 Å². The highest BCUT2D eigenvalue weighted by Crippen LogP contribution is 2.20. The Morgan fingerprint density at radius 3 is 3.14 bits per heavy atom. The first kappa shape index (κ1) is 9.46. The van der Waals surface area contributed by atoms with Gasteiger partial charge in [0.1, 0.15) is 0 Å².